The number of rotatable bonds is 4. The lowest BCUT2D eigenvalue weighted by Crippen LogP contribution is -2.00. The van der Waals surface area contributed by atoms with E-state index >= 15 is 0 Å². The van der Waals surface area contributed by atoms with Crippen molar-refractivity contribution in [2.75, 3.05) is 23.9 Å². The fraction of sp³-hybridized carbons (Fsp3) is 0.167. The minimum Gasteiger partial charge on any atom is -0.373 e. The lowest BCUT2D eigenvalue weighted by atomic mass is 10.3. The van der Waals surface area contributed by atoms with Crippen molar-refractivity contribution in [3.8, 4) is 0 Å². The summed E-state index contributed by atoms with van der Waals surface area (Å²) in [6.07, 6.45) is 1.96. The number of thioether (sulfide) groups is 1. The molecular formula is C12H14N4S. The molecule has 0 bridgehead atoms. The standard InChI is InChI=1S/C12H14N4S/c1-13-10-8-11(16-12(15-10)17-2)14-9-6-4-3-5-7-9/h3-8H,1-2H3,(H2,13,14,15,16). The maximum atomic E-state index is 4.40. The molecular weight excluding hydrogens is 232 g/mol. The highest BCUT2D eigenvalue weighted by molar-refractivity contribution is 7.98. The largest absolute Gasteiger partial charge is 0.373 e. The second-order valence-corrected chi connectivity index (χ2v) is 4.14. The van der Waals surface area contributed by atoms with Gasteiger partial charge in [0.15, 0.2) is 5.16 Å². The van der Waals surface area contributed by atoms with Crippen molar-refractivity contribution in [3.05, 3.63) is 36.4 Å². The average molecular weight is 246 g/mol. The van der Waals surface area contributed by atoms with Crippen LogP contribution in [0.5, 0.6) is 0 Å². The van der Waals surface area contributed by atoms with Gasteiger partial charge in [-0.1, -0.05) is 30.0 Å². The lowest BCUT2D eigenvalue weighted by Gasteiger charge is -2.08. The molecule has 1 aromatic heterocycles. The first-order valence-electron chi connectivity index (χ1n) is 5.24. The van der Waals surface area contributed by atoms with Crippen molar-refractivity contribution in [1.29, 1.82) is 0 Å². The Morgan fingerprint density at radius 3 is 2.41 bits per heavy atom. The summed E-state index contributed by atoms with van der Waals surface area (Å²) in [6, 6.07) is 11.8. The number of benzene rings is 1. The summed E-state index contributed by atoms with van der Waals surface area (Å²) >= 11 is 1.52. The molecule has 0 atom stereocenters. The molecule has 2 aromatic rings. The molecule has 0 unspecified atom stereocenters. The highest BCUT2D eigenvalue weighted by Crippen LogP contribution is 2.20. The van der Waals surface area contributed by atoms with Crippen LogP contribution >= 0.6 is 11.8 Å². The maximum absolute atomic E-state index is 4.40. The molecule has 0 aliphatic rings. The van der Waals surface area contributed by atoms with E-state index in [-0.39, 0.29) is 0 Å². The van der Waals surface area contributed by atoms with Gasteiger partial charge < -0.3 is 10.6 Å². The molecule has 5 heteroatoms. The fourth-order valence-corrected chi connectivity index (χ4v) is 1.76. The van der Waals surface area contributed by atoms with Crippen LogP contribution in [0.4, 0.5) is 17.3 Å². The Bertz CT molecular complexity index is 465. The Hall–Kier alpha value is -1.75. The summed E-state index contributed by atoms with van der Waals surface area (Å²) in [7, 11) is 1.85. The van der Waals surface area contributed by atoms with Gasteiger partial charge in [0.1, 0.15) is 11.6 Å². The molecule has 0 amide bonds. The van der Waals surface area contributed by atoms with Gasteiger partial charge in [-0.05, 0) is 18.4 Å². The van der Waals surface area contributed by atoms with Crippen molar-refractivity contribution in [2.45, 2.75) is 5.16 Å². The quantitative estimate of drug-likeness (QED) is 0.641. The Labute approximate surface area is 105 Å². The van der Waals surface area contributed by atoms with E-state index in [0.717, 1.165) is 22.5 Å². The number of anilines is 3. The molecule has 0 aliphatic carbocycles. The Morgan fingerprint density at radius 1 is 1.06 bits per heavy atom. The molecule has 0 saturated heterocycles. The number of aromatic nitrogens is 2. The smallest absolute Gasteiger partial charge is 0.191 e. The van der Waals surface area contributed by atoms with E-state index in [1.54, 1.807) is 0 Å². The van der Waals surface area contributed by atoms with E-state index in [1.165, 1.54) is 11.8 Å². The lowest BCUT2D eigenvalue weighted by molar-refractivity contribution is 0.977. The minimum atomic E-state index is 0.746. The van der Waals surface area contributed by atoms with Gasteiger partial charge >= 0.3 is 0 Å². The van der Waals surface area contributed by atoms with Crippen LogP contribution in [0.15, 0.2) is 41.6 Å². The van der Waals surface area contributed by atoms with Crippen LogP contribution < -0.4 is 10.6 Å². The first-order valence-corrected chi connectivity index (χ1v) is 6.47. The SMILES string of the molecule is CNc1cc(Nc2ccccc2)nc(SC)n1. The van der Waals surface area contributed by atoms with Gasteiger partial charge in [-0.3, -0.25) is 0 Å². The molecule has 0 spiro atoms. The normalized spacial score (nSPS) is 10.0. The third-order valence-electron chi connectivity index (χ3n) is 2.19. The first kappa shape index (κ1) is 11.7. The van der Waals surface area contributed by atoms with Crippen molar-refractivity contribution in [3.63, 3.8) is 0 Å². The Balaban J connectivity index is 2.26. The average Bonchev–Trinajstić information content (AvgIpc) is 2.39. The molecule has 2 N–H and O–H groups in total. The van der Waals surface area contributed by atoms with E-state index in [2.05, 4.69) is 20.6 Å². The van der Waals surface area contributed by atoms with E-state index in [9.17, 15) is 0 Å². The van der Waals surface area contributed by atoms with Gasteiger partial charge in [0.2, 0.25) is 0 Å². The van der Waals surface area contributed by atoms with Crippen molar-refractivity contribution < 1.29 is 0 Å². The van der Waals surface area contributed by atoms with E-state index in [0.29, 0.717) is 0 Å². The molecule has 1 heterocycles. The molecule has 0 aliphatic heterocycles. The molecule has 4 nitrogen and oxygen atoms in total. The summed E-state index contributed by atoms with van der Waals surface area (Å²) in [6.45, 7) is 0. The highest BCUT2D eigenvalue weighted by atomic mass is 32.2. The summed E-state index contributed by atoms with van der Waals surface area (Å²) in [5.41, 5.74) is 1.01. The van der Waals surface area contributed by atoms with Gasteiger partial charge in [0.05, 0.1) is 0 Å². The zero-order chi connectivity index (χ0) is 12.1. The van der Waals surface area contributed by atoms with Crippen LogP contribution in [0.1, 0.15) is 0 Å². The van der Waals surface area contributed by atoms with E-state index in [4.69, 9.17) is 0 Å². The molecule has 0 fully saturated rings. The maximum Gasteiger partial charge on any atom is 0.191 e. The van der Waals surface area contributed by atoms with E-state index < -0.39 is 0 Å². The van der Waals surface area contributed by atoms with Gasteiger partial charge in [0.25, 0.3) is 0 Å². The molecule has 17 heavy (non-hydrogen) atoms. The topological polar surface area (TPSA) is 49.8 Å². The summed E-state index contributed by atoms with van der Waals surface area (Å²) in [4.78, 5) is 8.71. The van der Waals surface area contributed by atoms with Crippen LogP contribution in [-0.4, -0.2) is 23.3 Å². The van der Waals surface area contributed by atoms with Crippen LogP contribution in [0.25, 0.3) is 0 Å². The number of nitrogens with one attached hydrogen (secondary N) is 2. The van der Waals surface area contributed by atoms with Gasteiger partial charge in [-0.25, -0.2) is 9.97 Å². The molecule has 2 rings (SSSR count). The second-order valence-electron chi connectivity index (χ2n) is 3.37. The number of para-hydroxylation sites is 1. The molecule has 1 aromatic carbocycles. The zero-order valence-electron chi connectivity index (χ0n) is 9.77. The Morgan fingerprint density at radius 2 is 1.76 bits per heavy atom. The summed E-state index contributed by atoms with van der Waals surface area (Å²) in [5, 5.41) is 7.02. The first-order chi connectivity index (χ1) is 8.31. The predicted molar refractivity (Wildman–Crippen MR) is 73.1 cm³/mol. The minimum absolute atomic E-state index is 0.746. The fourth-order valence-electron chi connectivity index (χ4n) is 1.38. The van der Waals surface area contributed by atoms with Gasteiger partial charge in [0, 0.05) is 18.8 Å². The summed E-state index contributed by atoms with van der Waals surface area (Å²) in [5.74, 6) is 1.60. The second kappa shape index (κ2) is 5.54. The number of nitrogens with zero attached hydrogens (tertiary/aromatic N) is 2. The monoisotopic (exact) mass is 246 g/mol. The predicted octanol–water partition coefficient (Wildman–Crippen LogP) is 2.98. The van der Waals surface area contributed by atoms with Gasteiger partial charge in [-0.2, -0.15) is 0 Å². The van der Waals surface area contributed by atoms with Crippen LogP contribution in [-0.2, 0) is 0 Å². The zero-order valence-corrected chi connectivity index (χ0v) is 10.6. The molecule has 88 valence electrons. The van der Waals surface area contributed by atoms with Crippen molar-refractivity contribution in [2.24, 2.45) is 0 Å². The van der Waals surface area contributed by atoms with Crippen LogP contribution in [0.3, 0.4) is 0 Å². The van der Waals surface area contributed by atoms with Gasteiger partial charge in [-0.15, -0.1) is 0 Å². The summed E-state index contributed by atoms with van der Waals surface area (Å²) < 4.78 is 0. The highest BCUT2D eigenvalue weighted by Gasteiger charge is 2.02. The third kappa shape index (κ3) is 3.10. The Kier molecular flexibility index (Phi) is 3.82. The van der Waals surface area contributed by atoms with Crippen LogP contribution in [0.2, 0.25) is 0 Å². The van der Waals surface area contributed by atoms with Crippen molar-refractivity contribution in [1.82, 2.24) is 9.97 Å². The number of hydrogen-bond acceptors (Lipinski definition) is 5. The molecule has 0 saturated carbocycles. The van der Waals surface area contributed by atoms with Crippen molar-refractivity contribution >= 4 is 29.1 Å². The third-order valence-corrected chi connectivity index (χ3v) is 2.74. The number of hydrogen-bond donors (Lipinski definition) is 2. The molecule has 0 radical (unpaired) electrons. The van der Waals surface area contributed by atoms with E-state index in [1.807, 2.05) is 49.7 Å². The van der Waals surface area contributed by atoms with Crippen LogP contribution in [0, 0.1) is 0 Å².